The smallest absolute Gasteiger partial charge is 0.255 e. The van der Waals surface area contributed by atoms with Gasteiger partial charge in [-0.05, 0) is 56.0 Å². The van der Waals surface area contributed by atoms with E-state index in [4.69, 9.17) is 5.73 Å². The molecule has 0 saturated heterocycles. The van der Waals surface area contributed by atoms with Crippen molar-refractivity contribution in [2.45, 2.75) is 71.4 Å². The number of ketones is 2. The monoisotopic (exact) mass is 570 g/mol. The number of aliphatic hydroxyl groups excluding tert-OH is 2. The van der Waals surface area contributed by atoms with Gasteiger partial charge < -0.3 is 31.1 Å². The molecule has 2 fully saturated rings. The number of fused-ring (bicyclic) bond motifs is 3. The van der Waals surface area contributed by atoms with Gasteiger partial charge >= 0.3 is 0 Å². The van der Waals surface area contributed by atoms with E-state index in [-0.39, 0.29) is 53.0 Å². The van der Waals surface area contributed by atoms with Gasteiger partial charge in [-0.15, -0.1) is 0 Å². The van der Waals surface area contributed by atoms with Crippen molar-refractivity contribution in [2.24, 2.45) is 34.8 Å². The van der Waals surface area contributed by atoms with E-state index in [0.717, 1.165) is 12.8 Å². The average molecular weight is 571 g/mol. The van der Waals surface area contributed by atoms with E-state index in [2.05, 4.69) is 20.8 Å². The van der Waals surface area contributed by atoms with E-state index < -0.39 is 69.5 Å². The second kappa shape index (κ2) is 9.94. The number of hydrogen-bond donors (Lipinski definition) is 5. The number of rotatable bonds is 5. The van der Waals surface area contributed by atoms with E-state index >= 15 is 4.39 Å². The molecule has 0 heterocycles. The van der Waals surface area contributed by atoms with Crippen LogP contribution < -0.4 is 5.73 Å². The summed E-state index contributed by atoms with van der Waals surface area (Å²) < 4.78 is 16.0. The van der Waals surface area contributed by atoms with Gasteiger partial charge in [0, 0.05) is 41.6 Å². The molecule has 0 spiro atoms. The zero-order valence-corrected chi connectivity index (χ0v) is 24.0. The number of primary amides is 1. The quantitative estimate of drug-likeness (QED) is 0.336. The molecule has 222 valence electrons. The standard InChI is InChI=1S/C31H39FN2O7/c1-30(2,3)13-34(4)12-16-11-19(35)22-17(24(16)32)9-15-10-18-20(14-7-5-6-8-14)25(36)23(29(33)40)28(39)31(18,41)27(38)21(15)26(22)37/h11,14-15,18,20,35,37,39,41H,5-10,12-13H2,1-4H3,(H2,33,40)/t15-,18-,20-,31-/m0/s1. The third kappa shape index (κ3) is 4.55. The van der Waals surface area contributed by atoms with Crippen molar-refractivity contribution in [3.05, 3.63) is 45.5 Å². The van der Waals surface area contributed by atoms with Crippen LogP contribution in [0.15, 0.2) is 23.0 Å². The zero-order chi connectivity index (χ0) is 30.2. The SMILES string of the molecule is CN(Cc1cc(O)c2c(c1F)C[C@H]1C[C@H]3[C@H](C4CCCC4)C(=O)C(C(N)=O)=C(O)[C@@]3(O)C(=O)C1=C2O)CC(C)(C)C. The van der Waals surface area contributed by atoms with Gasteiger partial charge in [0.25, 0.3) is 5.91 Å². The molecule has 9 nitrogen and oxygen atoms in total. The second-order valence-corrected chi connectivity index (χ2v) is 13.6. The van der Waals surface area contributed by atoms with Crippen LogP contribution in [-0.4, -0.2) is 62.0 Å². The molecule has 4 atom stereocenters. The molecule has 41 heavy (non-hydrogen) atoms. The number of benzene rings is 1. The predicted octanol–water partition coefficient (Wildman–Crippen LogP) is 3.46. The molecule has 6 N–H and O–H groups in total. The Labute approximate surface area is 238 Å². The summed E-state index contributed by atoms with van der Waals surface area (Å²) >= 11 is 0. The first-order chi connectivity index (χ1) is 19.1. The fourth-order valence-electron chi connectivity index (χ4n) is 7.95. The third-order valence-corrected chi connectivity index (χ3v) is 9.35. The summed E-state index contributed by atoms with van der Waals surface area (Å²) in [5.41, 5.74) is 1.75. The normalized spacial score (nSPS) is 28.7. The molecule has 4 aliphatic rings. The fourth-order valence-corrected chi connectivity index (χ4v) is 7.95. The Bertz CT molecular complexity index is 1400. The molecule has 0 bridgehead atoms. The number of phenols is 1. The summed E-state index contributed by atoms with van der Waals surface area (Å²) in [7, 11) is 1.85. The van der Waals surface area contributed by atoms with E-state index in [0.29, 0.717) is 19.4 Å². The van der Waals surface area contributed by atoms with Gasteiger partial charge in [-0.3, -0.25) is 14.4 Å². The number of phenolic OH excluding ortho intramolecular Hbond substituents is 1. The highest BCUT2D eigenvalue weighted by atomic mass is 19.1. The minimum absolute atomic E-state index is 0.0154. The largest absolute Gasteiger partial charge is 0.508 e. The van der Waals surface area contributed by atoms with Crippen molar-refractivity contribution < 1.29 is 39.2 Å². The second-order valence-electron chi connectivity index (χ2n) is 13.6. The van der Waals surface area contributed by atoms with E-state index in [1.54, 1.807) is 0 Å². The summed E-state index contributed by atoms with van der Waals surface area (Å²) in [4.78, 5) is 41.7. The van der Waals surface area contributed by atoms with Crippen LogP contribution >= 0.6 is 0 Å². The lowest BCUT2D eigenvalue weighted by atomic mass is 9.54. The first-order valence-electron chi connectivity index (χ1n) is 14.3. The van der Waals surface area contributed by atoms with Crippen LogP contribution in [0, 0.1) is 34.9 Å². The number of halogens is 1. The third-order valence-electron chi connectivity index (χ3n) is 9.35. The highest BCUT2D eigenvalue weighted by Gasteiger charge is 2.64. The summed E-state index contributed by atoms with van der Waals surface area (Å²) in [6, 6.07) is 1.23. The molecule has 10 heteroatoms. The highest BCUT2D eigenvalue weighted by molar-refractivity contribution is 6.23. The Morgan fingerprint density at radius 2 is 1.80 bits per heavy atom. The number of hydrogen-bond acceptors (Lipinski definition) is 8. The molecule has 1 aromatic carbocycles. The van der Waals surface area contributed by atoms with Crippen LogP contribution in [-0.2, 0) is 27.3 Å². The number of carbonyl (C=O) groups is 3. The number of amides is 1. The molecule has 1 amide bonds. The molecule has 5 rings (SSSR count). The Hall–Kier alpha value is -3.24. The van der Waals surface area contributed by atoms with Gasteiger partial charge in [0.1, 0.15) is 28.7 Å². The zero-order valence-electron chi connectivity index (χ0n) is 24.0. The number of aromatic hydroxyl groups is 1. The van der Waals surface area contributed by atoms with Crippen LogP contribution in [0.1, 0.15) is 69.6 Å². The van der Waals surface area contributed by atoms with Crippen LogP contribution in [0.3, 0.4) is 0 Å². The minimum Gasteiger partial charge on any atom is -0.508 e. The number of nitrogens with zero attached hydrogens (tertiary/aromatic N) is 1. The number of nitrogens with two attached hydrogens (primary N) is 1. The van der Waals surface area contributed by atoms with Crippen LogP contribution in [0.2, 0.25) is 0 Å². The van der Waals surface area contributed by atoms with Crippen molar-refractivity contribution in [3.63, 3.8) is 0 Å². The Morgan fingerprint density at radius 1 is 1.17 bits per heavy atom. The Morgan fingerprint density at radius 3 is 2.39 bits per heavy atom. The van der Waals surface area contributed by atoms with Crippen LogP contribution in [0.5, 0.6) is 5.75 Å². The molecule has 0 unspecified atom stereocenters. The first-order valence-corrected chi connectivity index (χ1v) is 14.3. The van der Waals surface area contributed by atoms with Crippen LogP contribution in [0.4, 0.5) is 4.39 Å². The molecular formula is C31H39FN2O7. The topological polar surface area (TPSA) is 161 Å². The van der Waals surface area contributed by atoms with Gasteiger partial charge in [0.15, 0.2) is 11.4 Å². The first kappa shape index (κ1) is 29.3. The molecule has 4 aliphatic carbocycles. The maximum Gasteiger partial charge on any atom is 0.255 e. The summed E-state index contributed by atoms with van der Waals surface area (Å²) in [6.07, 6.45) is 2.92. The van der Waals surface area contributed by atoms with Crippen molar-refractivity contribution in [2.75, 3.05) is 13.6 Å². The lowest BCUT2D eigenvalue weighted by Gasteiger charge is -2.50. The van der Waals surface area contributed by atoms with Gasteiger partial charge in [-0.1, -0.05) is 33.6 Å². The number of Topliss-reactive ketones (excluding diaryl/α,β-unsaturated/α-hetero) is 2. The maximum absolute atomic E-state index is 16.0. The number of aliphatic hydroxyl groups is 3. The van der Waals surface area contributed by atoms with Crippen molar-refractivity contribution >= 4 is 23.2 Å². The van der Waals surface area contributed by atoms with Crippen molar-refractivity contribution in [3.8, 4) is 5.75 Å². The van der Waals surface area contributed by atoms with Crippen LogP contribution in [0.25, 0.3) is 5.76 Å². The summed E-state index contributed by atoms with van der Waals surface area (Å²) in [5.74, 6) is -8.82. The maximum atomic E-state index is 16.0. The molecule has 1 aromatic rings. The van der Waals surface area contributed by atoms with Crippen molar-refractivity contribution in [1.82, 2.24) is 4.90 Å². The molecule has 2 saturated carbocycles. The van der Waals surface area contributed by atoms with Gasteiger partial charge in [-0.25, -0.2) is 4.39 Å². The lowest BCUT2D eigenvalue weighted by molar-refractivity contribution is -0.155. The molecule has 0 radical (unpaired) electrons. The van der Waals surface area contributed by atoms with E-state index in [1.165, 1.54) is 6.07 Å². The van der Waals surface area contributed by atoms with Gasteiger partial charge in [0.2, 0.25) is 5.78 Å². The minimum atomic E-state index is -2.66. The average Bonchev–Trinajstić information content (AvgIpc) is 3.37. The summed E-state index contributed by atoms with van der Waals surface area (Å²) in [5, 5.41) is 45.1. The van der Waals surface area contributed by atoms with Gasteiger partial charge in [-0.2, -0.15) is 0 Å². The predicted molar refractivity (Wildman–Crippen MR) is 148 cm³/mol. The highest BCUT2D eigenvalue weighted by Crippen LogP contribution is 2.56. The van der Waals surface area contributed by atoms with Gasteiger partial charge in [0.05, 0.1) is 5.56 Å². The molecular weight excluding hydrogens is 531 g/mol. The molecule has 0 aliphatic heterocycles. The van der Waals surface area contributed by atoms with E-state index in [1.807, 2.05) is 11.9 Å². The van der Waals surface area contributed by atoms with Crippen molar-refractivity contribution in [1.29, 1.82) is 0 Å². The lowest BCUT2D eigenvalue weighted by Crippen LogP contribution is -2.62. The fraction of sp³-hybridized carbons (Fsp3) is 0.581. The summed E-state index contributed by atoms with van der Waals surface area (Å²) in [6.45, 7) is 7.05. The Balaban J connectivity index is 1.62. The number of carbonyl (C=O) groups excluding carboxylic acids is 3. The molecule has 0 aromatic heterocycles. The Kier molecular flexibility index (Phi) is 7.10. The van der Waals surface area contributed by atoms with E-state index in [9.17, 15) is 34.8 Å².